The molecule has 47 heavy (non-hydrogen) atoms. The van der Waals surface area contributed by atoms with E-state index in [-0.39, 0.29) is 46.8 Å². The third-order valence-corrected chi connectivity index (χ3v) is 9.86. The molecule has 0 fully saturated rings. The van der Waals surface area contributed by atoms with Crippen LogP contribution in [0.1, 0.15) is 56.0 Å². The van der Waals surface area contributed by atoms with E-state index in [2.05, 4.69) is 35.7 Å². The highest BCUT2D eigenvalue weighted by atomic mass is 32.2. The summed E-state index contributed by atoms with van der Waals surface area (Å²) in [4.78, 5) is 18.3. The minimum Gasteiger partial charge on any atom is -0.497 e. The summed E-state index contributed by atoms with van der Waals surface area (Å²) in [5.74, 6) is 0.466. The highest BCUT2D eigenvalue weighted by Gasteiger charge is 2.30. The number of sulfonamides is 1. The summed E-state index contributed by atoms with van der Waals surface area (Å²) in [6.45, 7) is 7.92. The number of fused-ring (bicyclic) bond motifs is 1. The summed E-state index contributed by atoms with van der Waals surface area (Å²) in [7, 11) is -0.382. The van der Waals surface area contributed by atoms with Crippen LogP contribution in [0.3, 0.4) is 0 Å². The summed E-state index contributed by atoms with van der Waals surface area (Å²) in [6.07, 6.45) is 2.16. The highest BCUT2D eigenvalue weighted by molar-refractivity contribution is 7.92. The van der Waals surface area contributed by atoms with Crippen molar-refractivity contribution >= 4 is 21.6 Å². The van der Waals surface area contributed by atoms with Crippen molar-refractivity contribution in [3.8, 4) is 11.5 Å². The molecule has 0 spiro atoms. The molecule has 1 aliphatic heterocycles. The molecule has 1 aliphatic rings. The second-order valence-corrected chi connectivity index (χ2v) is 14.2. The average Bonchev–Trinajstić information content (AvgIpc) is 3.06. The Morgan fingerprint density at radius 1 is 1.06 bits per heavy atom. The molecule has 0 saturated heterocycles. The molecule has 0 unspecified atom stereocenters. The van der Waals surface area contributed by atoms with E-state index in [0.29, 0.717) is 31.2 Å². The van der Waals surface area contributed by atoms with E-state index in [9.17, 15) is 18.3 Å². The molecule has 4 rings (SSSR count). The summed E-state index contributed by atoms with van der Waals surface area (Å²) in [6, 6.07) is 20.6. The lowest BCUT2D eigenvalue weighted by molar-refractivity contribution is -0.0177. The number of nitrogens with zero attached hydrogens (tertiary/aromatic N) is 2. The number of benzene rings is 3. The van der Waals surface area contributed by atoms with Gasteiger partial charge in [0.05, 0.1) is 42.4 Å². The third-order valence-electron chi connectivity index (χ3n) is 8.46. The number of anilines is 1. The molecule has 10 nitrogen and oxygen atoms in total. The van der Waals surface area contributed by atoms with Gasteiger partial charge >= 0.3 is 0 Å². The number of aliphatic hydroxyl groups is 1. The third kappa shape index (κ3) is 10.2. The van der Waals surface area contributed by atoms with Gasteiger partial charge in [-0.2, -0.15) is 0 Å². The van der Waals surface area contributed by atoms with Crippen molar-refractivity contribution < 1.29 is 32.5 Å². The van der Waals surface area contributed by atoms with Crippen LogP contribution >= 0.6 is 0 Å². The van der Waals surface area contributed by atoms with Gasteiger partial charge in [0, 0.05) is 37.8 Å². The number of likely N-dealkylation sites (N-methyl/N-ethyl adjacent to an activating group) is 1. The van der Waals surface area contributed by atoms with E-state index in [4.69, 9.17) is 14.2 Å². The number of nitrogens with one attached hydrogen (secondary N) is 1. The van der Waals surface area contributed by atoms with Crippen LogP contribution in [0, 0.1) is 5.92 Å². The van der Waals surface area contributed by atoms with E-state index in [0.717, 1.165) is 25.8 Å². The van der Waals surface area contributed by atoms with Gasteiger partial charge in [0.25, 0.3) is 15.9 Å². The zero-order valence-corrected chi connectivity index (χ0v) is 28.9. The lowest BCUT2D eigenvalue weighted by Gasteiger charge is -2.36. The first-order chi connectivity index (χ1) is 22.5. The molecule has 1 amide bonds. The first-order valence-corrected chi connectivity index (χ1v) is 17.7. The van der Waals surface area contributed by atoms with Crippen molar-refractivity contribution in [3.05, 3.63) is 83.9 Å². The van der Waals surface area contributed by atoms with Crippen LogP contribution in [0.4, 0.5) is 5.69 Å². The Labute approximate surface area is 279 Å². The molecule has 0 aliphatic carbocycles. The van der Waals surface area contributed by atoms with Gasteiger partial charge in [-0.1, -0.05) is 37.3 Å². The van der Waals surface area contributed by atoms with Gasteiger partial charge in [-0.25, -0.2) is 8.42 Å². The topological polar surface area (TPSA) is 118 Å². The van der Waals surface area contributed by atoms with Crippen LogP contribution < -0.4 is 14.2 Å². The summed E-state index contributed by atoms with van der Waals surface area (Å²) in [5, 5.41) is 10.2. The van der Waals surface area contributed by atoms with Gasteiger partial charge in [0.1, 0.15) is 11.5 Å². The number of amides is 1. The molecule has 1 heterocycles. The predicted octanol–water partition coefficient (Wildman–Crippen LogP) is 5.42. The van der Waals surface area contributed by atoms with Gasteiger partial charge in [-0.15, -0.1) is 0 Å². The molecule has 0 bridgehead atoms. The Bertz CT molecular complexity index is 1540. The van der Waals surface area contributed by atoms with E-state index in [1.54, 1.807) is 36.1 Å². The van der Waals surface area contributed by atoms with E-state index < -0.39 is 16.1 Å². The highest BCUT2D eigenvalue weighted by Crippen LogP contribution is 2.30. The molecule has 256 valence electrons. The van der Waals surface area contributed by atoms with E-state index in [1.165, 1.54) is 30.9 Å². The Morgan fingerprint density at radius 2 is 1.79 bits per heavy atom. The molecule has 0 aromatic heterocycles. The van der Waals surface area contributed by atoms with Gasteiger partial charge in [-0.05, 0) is 88.2 Å². The first kappa shape index (κ1) is 36.2. The van der Waals surface area contributed by atoms with Crippen molar-refractivity contribution in [1.82, 2.24) is 9.80 Å². The number of carbonyl (C=O) groups is 1. The molecule has 3 aromatic rings. The van der Waals surface area contributed by atoms with Crippen molar-refractivity contribution in [1.29, 1.82) is 0 Å². The predicted molar refractivity (Wildman–Crippen MR) is 183 cm³/mol. The maximum absolute atomic E-state index is 14.4. The number of hydrogen-bond acceptors (Lipinski definition) is 8. The van der Waals surface area contributed by atoms with Gasteiger partial charge in [0.15, 0.2) is 0 Å². The molecular formula is C36H49N3O7S. The number of ether oxygens (including phenoxy) is 3. The maximum Gasteiger partial charge on any atom is 0.261 e. The van der Waals surface area contributed by atoms with Gasteiger partial charge < -0.3 is 24.2 Å². The fourth-order valence-corrected chi connectivity index (χ4v) is 6.73. The second-order valence-electron chi connectivity index (χ2n) is 12.5. The number of methoxy groups -OCH3 is 1. The molecule has 3 aromatic carbocycles. The largest absolute Gasteiger partial charge is 0.497 e. The fraction of sp³-hybridized carbons (Fsp3) is 0.472. The maximum atomic E-state index is 14.4. The van der Waals surface area contributed by atoms with E-state index in [1.807, 2.05) is 25.1 Å². The Balaban J connectivity index is 1.64. The number of hydrogen-bond donors (Lipinski definition) is 2. The van der Waals surface area contributed by atoms with E-state index >= 15 is 0 Å². The van der Waals surface area contributed by atoms with Crippen LogP contribution in [0.25, 0.3) is 0 Å². The Hall–Kier alpha value is -3.64. The molecule has 0 saturated carbocycles. The molecular weight excluding hydrogens is 618 g/mol. The van der Waals surface area contributed by atoms with Crippen molar-refractivity contribution in [2.45, 2.75) is 69.7 Å². The molecule has 2 N–H and O–H groups in total. The second kappa shape index (κ2) is 17.0. The number of rotatable bonds is 10. The smallest absolute Gasteiger partial charge is 0.261 e. The number of carbonyl (C=O) groups excluding carboxylic acids is 1. The lowest BCUT2D eigenvalue weighted by atomic mass is 10.0. The lowest BCUT2D eigenvalue weighted by Crippen LogP contribution is -2.47. The van der Waals surface area contributed by atoms with Gasteiger partial charge in [-0.3, -0.25) is 14.4 Å². The van der Waals surface area contributed by atoms with Crippen LogP contribution in [-0.4, -0.2) is 87.9 Å². The standard InChI is InChI=1S/C36H49N3O7S/c1-26-22-39(27(2)25-40)36(41)33-21-30(37-47(42,43)32-17-15-31(44-5)16-18-32)14-19-34(33)46-28(3)11-9-10-20-45-35(26)24-38(4)23-29-12-7-6-8-13-29/h6-8,12-19,21,26-28,35,37,40H,9-11,20,22-25H2,1-5H3/t26-,27+,28+,35+/m0/s1. The van der Waals surface area contributed by atoms with Crippen LogP contribution in [-0.2, 0) is 21.3 Å². The quantitative estimate of drug-likeness (QED) is 0.294. The summed E-state index contributed by atoms with van der Waals surface area (Å²) < 4.78 is 47.0. The monoisotopic (exact) mass is 667 g/mol. The first-order valence-electron chi connectivity index (χ1n) is 16.2. The van der Waals surface area contributed by atoms with Crippen LogP contribution in [0.15, 0.2) is 77.7 Å². The van der Waals surface area contributed by atoms with Crippen molar-refractivity contribution in [3.63, 3.8) is 0 Å². The van der Waals surface area contributed by atoms with Crippen molar-refractivity contribution in [2.75, 3.05) is 45.2 Å². The molecule has 0 radical (unpaired) electrons. The van der Waals surface area contributed by atoms with Crippen LogP contribution in [0.5, 0.6) is 11.5 Å². The SMILES string of the molecule is COc1ccc(S(=O)(=O)Nc2ccc3c(c2)C(=O)N([C@H](C)CO)C[C@H](C)[C@@H](CN(C)Cc2ccccc2)OCCCC[C@@H](C)O3)cc1. The Kier molecular flexibility index (Phi) is 13.1. The minimum absolute atomic E-state index is 0.0576. The fourth-order valence-electron chi connectivity index (χ4n) is 5.68. The van der Waals surface area contributed by atoms with Crippen molar-refractivity contribution in [2.24, 2.45) is 5.92 Å². The van der Waals surface area contributed by atoms with Crippen LogP contribution in [0.2, 0.25) is 0 Å². The summed E-state index contributed by atoms with van der Waals surface area (Å²) >= 11 is 0. The Morgan fingerprint density at radius 3 is 2.47 bits per heavy atom. The number of aliphatic hydroxyl groups excluding tert-OH is 1. The minimum atomic E-state index is -3.96. The normalized spacial score (nSPS) is 20.5. The summed E-state index contributed by atoms with van der Waals surface area (Å²) in [5.41, 5.74) is 1.65. The van der Waals surface area contributed by atoms with Gasteiger partial charge in [0.2, 0.25) is 0 Å². The molecule has 11 heteroatoms. The zero-order valence-electron chi connectivity index (χ0n) is 28.1. The zero-order chi connectivity index (χ0) is 34.0. The average molecular weight is 668 g/mol. The molecule has 4 atom stereocenters.